The maximum absolute atomic E-state index is 4.53. The average Bonchev–Trinajstić information content (AvgIpc) is 3.49. The summed E-state index contributed by atoms with van der Waals surface area (Å²) in [4.78, 5) is 8.15. The number of hydrogen-bond acceptors (Lipinski definition) is 3. The van der Waals surface area contributed by atoms with Crippen molar-refractivity contribution in [1.82, 2.24) is 14.7 Å². The van der Waals surface area contributed by atoms with Crippen LogP contribution in [0.4, 0.5) is 0 Å². The first kappa shape index (κ1) is 36.5. The van der Waals surface area contributed by atoms with Crippen molar-refractivity contribution in [2.24, 2.45) is 0 Å². The van der Waals surface area contributed by atoms with Gasteiger partial charge < -0.3 is 9.80 Å². The monoisotopic (exact) mass is 548 g/mol. The third-order valence-corrected chi connectivity index (χ3v) is 8.93. The molecule has 0 aliphatic carbocycles. The Bertz CT molecular complexity index is 495. The van der Waals surface area contributed by atoms with Crippen LogP contribution in [-0.2, 0) is 0 Å². The van der Waals surface area contributed by atoms with E-state index in [1.807, 2.05) is 0 Å². The van der Waals surface area contributed by atoms with Gasteiger partial charge in [0.2, 0.25) is 0 Å². The smallest absolute Gasteiger partial charge is 0.0378 e. The third-order valence-electron chi connectivity index (χ3n) is 8.93. The first-order valence-corrected chi connectivity index (χ1v) is 18.1. The molecule has 0 spiro atoms. The minimum Gasteiger partial charge on any atom is -0.374 e. The summed E-state index contributed by atoms with van der Waals surface area (Å²) in [7, 11) is 0. The summed E-state index contributed by atoms with van der Waals surface area (Å²) in [6.07, 6.45) is 32.3. The van der Waals surface area contributed by atoms with Gasteiger partial charge in [-0.2, -0.15) is 0 Å². The van der Waals surface area contributed by atoms with E-state index >= 15 is 0 Å². The molecule has 1 rings (SSSR count). The summed E-state index contributed by atoms with van der Waals surface area (Å²) in [5.41, 5.74) is 1.38. The molecule has 1 aliphatic heterocycles. The molecule has 0 amide bonds. The summed E-state index contributed by atoms with van der Waals surface area (Å²) in [6.45, 7) is 21.4. The molecule has 0 aromatic heterocycles. The van der Waals surface area contributed by atoms with Crippen LogP contribution in [0.1, 0.15) is 168 Å². The highest BCUT2D eigenvalue weighted by molar-refractivity contribution is 4.99. The Kier molecular flexibility index (Phi) is 25.8. The van der Waals surface area contributed by atoms with Crippen LogP contribution in [0.15, 0.2) is 12.3 Å². The second-order valence-corrected chi connectivity index (χ2v) is 12.7. The maximum atomic E-state index is 4.53. The molecule has 232 valence electrons. The highest BCUT2D eigenvalue weighted by Gasteiger charge is 2.17. The quantitative estimate of drug-likeness (QED) is 0.0828. The van der Waals surface area contributed by atoms with Gasteiger partial charge in [0.15, 0.2) is 0 Å². The molecule has 0 unspecified atom stereocenters. The van der Waals surface area contributed by atoms with Gasteiger partial charge >= 0.3 is 0 Å². The number of likely N-dealkylation sites (tertiary alicyclic amines) is 1. The summed E-state index contributed by atoms with van der Waals surface area (Å²) < 4.78 is 0. The van der Waals surface area contributed by atoms with Gasteiger partial charge in [-0.25, -0.2) is 0 Å². The lowest BCUT2D eigenvalue weighted by Crippen LogP contribution is -2.39. The molecule has 0 aromatic carbocycles. The second kappa shape index (κ2) is 27.6. The lowest BCUT2D eigenvalue weighted by molar-refractivity contribution is 0.195. The van der Waals surface area contributed by atoms with Crippen molar-refractivity contribution in [2.45, 2.75) is 168 Å². The Balaban J connectivity index is 2.50. The fourth-order valence-electron chi connectivity index (χ4n) is 6.16. The highest BCUT2D eigenvalue weighted by atomic mass is 15.2. The van der Waals surface area contributed by atoms with Crippen LogP contribution in [0, 0.1) is 0 Å². The van der Waals surface area contributed by atoms with Gasteiger partial charge in [-0.05, 0) is 51.7 Å². The molecule has 0 atom stereocenters. The predicted molar refractivity (Wildman–Crippen MR) is 177 cm³/mol. The van der Waals surface area contributed by atoms with Crippen LogP contribution in [-0.4, -0.2) is 67.1 Å². The van der Waals surface area contributed by atoms with Gasteiger partial charge in [0.05, 0.1) is 0 Å². The Morgan fingerprint density at radius 3 is 1.21 bits per heavy atom. The first-order chi connectivity index (χ1) is 19.2. The van der Waals surface area contributed by atoms with Crippen LogP contribution in [0.2, 0.25) is 0 Å². The van der Waals surface area contributed by atoms with E-state index in [0.29, 0.717) is 0 Å². The number of hydrogen-bond donors (Lipinski definition) is 0. The van der Waals surface area contributed by atoms with Crippen molar-refractivity contribution in [2.75, 3.05) is 52.4 Å². The minimum atomic E-state index is 1.08. The molecular formula is C36H73N3. The van der Waals surface area contributed by atoms with E-state index in [1.165, 1.54) is 199 Å². The molecule has 0 radical (unpaired) electrons. The topological polar surface area (TPSA) is 9.72 Å². The first-order valence-electron chi connectivity index (χ1n) is 18.1. The molecule has 3 nitrogen and oxygen atoms in total. The van der Waals surface area contributed by atoms with E-state index in [4.69, 9.17) is 0 Å². The fraction of sp³-hybridized carbons (Fsp3) is 0.944. The molecule has 0 aromatic rings. The number of unbranched alkanes of at least 4 members (excludes halogenated alkanes) is 18. The molecule has 1 saturated heterocycles. The van der Waals surface area contributed by atoms with E-state index in [2.05, 4.69) is 42.0 Å². The Morgan fingerprint density at radius 1 is 0.462 bits per heavy atom. The van der Waals surface area contributed by atoms with Crippen LogP contribution in [0.3, 0.4) is 0 Å². The summed E-state index contributed by atoms with van der Waals surface area (Å²) in [5, 5.41) is 0. The van der Waals surface area contributed by atoms with Crippen molar-refractivity contribution in [3.63, 3.8) is 0 Å². The van der Waals surface area contributed by atoms with Crippen LogP contribution in [0.5, 0.6) is 0 Å². The average molecular weight is 548 g/mol. The number of nitrogens with zero attached hydrogens (tertiary/aromatic N) is 3. The van der Waals surface area contributed by atoms with Crippen molar-refractivity contribution >= 4 is 0 Å². The fourth-order valence-corrected chi connectivity index (χ4v) is 6.16. The van der Waals surface area contributed by atoms with E-state index in [-0.39, 0.29) is 0 Å². The van der Waals surface area contributed by atoms with Crippen LogP contribution in [0.25, 0.3) is 0 Å². The molecule has 1 aliphatic rings. The van der Waals surface area contributed by atoms with Crippen molar-refractivity contribution in [1.29, 1.82) is 0 Å². The molecule has 1 heterocycles. The Labute approximate surface area is 247 Å². The van der Waals surface area contributed by atoms with Gasteiger partial charge in [0.1, 0.15) is 0 Å². The van der Waals surface area contributed by atoms with Gasteiger partial charge in [0, 0.05) is 38.4 Å². The zero-order valence-electron chi connectivity index (χ0n) is 27.5. The van der Waals surface area contributed by atoms with Crippen molar-refractivity contribution < 1.29 is 0 Å². The van der Waals surface area contributed by atoms with E-state index < -0.39 is 0 Å². The number of rotatable bonds is 30. The van der Waals surface area contributed by atoms with E-state index in [1.54, 1.807) is 0 Å². The Morgan fingerprint density at radius 2 is 0.795 bits per heavy atom. The molecule has 1 fully saturated rings. The second-order valence-electron chi connectivity index (χ2n) is 12.7. The van der Waals surface area contributed by atoms with Gasteiger partial charge in [0.25, 0.3) is 0 Å². The zero-order valence-corrected chi connectivity index (χ0v) is 27.5. The van der Waals surface area contributed by atoms with Crippen LogP contribution >= 0.6 is 0 Å². The molecular weight excluding hydrogens is 474 g/mol. The lowest BCUT2D eigenvalue weighted by Gasteiger charge is -2.31. The largest absolute Gasteiger partial charge is 0.374 e. The zero-order chi connectivity index (χ0) is 28.2. The predicted octanol–water partition coefficient (Wildman–Crippen LogP) is 10.5. The molecule has 0 bridgehead atoms. The third kappa shape index (κ3) is 21.8. The normalized spacial score (nSPS) is 13.8. The molecule has 3 heteroatoms. The molecule has 0 saturated carbocycles. The van der Waals surface area contributed by atoms with E-state index in [9.17, 15) is 0 Å². The van der Waals surface area contributed by atoms with E-state index in [0.717, 1.165) is 6.54 Å². The SMILES string of the molecule is C=C(CN(CCCCCCCCC)CCN(CCCCCCCCC)CCCCCCCCC)N1CCCC1. The molecule has 39 heavy (non-hydrogen) atoms. The highest BCUT2D eigenvalue weighted by Crippen LogP contribution is 2.16. The summed E-state index contributed by atoms with van der Waals surface area (Å²) >= 11 is 0. The van der Waals surface area contributed by atoms with Gasteiger partial charge in [-0.1, -0.05) is 143 Å². The lowest BCUT2D eigenvalue weighted by atomic mass is 10.1. The summed E-state index contributed by atoms with van der Waals surface area (Å²) in [5.74, 6) is 0. The Hall–Kier alpha value is -0.540. The van der Waals surface area contributed by atoms with Crippen LogP contribution < -0.4 is 0 Å². The van der Waals surface area contributed by atoms with Crippen molar-refractivity contribution in [3.8, 4) is 0 Å². The van der Waals surface area contributed by atoms with Gasteiger partial charge in [-0.15, -0.1) is 0 Å². The summed E-state index contributed by atoms with van der Waals surface area (Å²) in [6, 6.07) is 0. The standard InChI is InChI=1S/C36H73N3/c1-5-8-11-14-17-20-23-28-37(29-24-21-18-15-12-9-6-2)33-34-38(30-25-22-19-16-13-10-7-3)35-36(4)39-31-26-27-32-39/h4-35H2,1-3H3. The maximum Gasteiger partial charge on any atom is 0.0378 e. The minimum absolute atomic E-state index is 1.08. The van der Waals surface area contributed by atoms with Gasteiger partial charge in [-0.3, -0.25) is 4.90 Å². The van der Waals surface area contributed by atoms with Crippen molar-refractivity contribution in [3.05, 3.63) is 12.3 Å². The molecule has 0 N–H and O–H groups in total.